The van der Waals surface area contributed by atoms with Crippen LogP contribution in [0.3, 0.4) is 0 Å². The third kappa shape index (κ3) is 5.89. The summed E-state index contributed by atoms with van der Waals surface area (Å²) in [5.41, 5.74) is 0. The molecule has 98 valence electrons. The lowest BCUT2D eigenvalue weighted by molar-refractivity contribution is -0.138. The fourth-order valence-corrected chi connectivity index (χ4v) is 1.26. The fraction of sp³-hybridized carbons (Fsp3) is 0.385. The van der Waals surface area contributed by atoms with Gasteiger partial charge < -0.3 is 13.9 Å². The van der Waals surface area contributed by atoms with E-state index < -0.39 is 5.97 Å². The van der Waals surface area contributed by atoms with Gasteiger partial charge in [0, 0.05) is 18.6 Å². The second kappa shape index (κ2) is 8.11. The Bertz CT molecular complexity index is 380. The largest absolute Gasteiger partial charge is 0.463 e. The normalized spacial score (nSPS) is 9.78. The Labute approximate surface area is 105 Å². The van der Waals surface area contributed by atoms with Crippen molar-refractivity contribution in [1.29, 1.82) is 0 Å². The standard InChI is InChI=1S/C13H16O5/c1-2-11(14)16-9-5-3-4-7-12(15)18-13-8-6-10-17-13/h2,6,8,10H,1,3-5,7,9H2. The lowest BCUT2D eigenvalue weighted by Gasteiger charge is -2.02. The van der Waals surface area contributed by atoms with Crippen LogP contribution < -0.4 is 4.74 Å². The van der Waals surface area contributed by atoms with Crippen LogP contribution in [0, 0.1) is 0 Å². The molecule has 1 aromatic heterocycles. The van der Waals surface area contributed by atoms with E-state index in [0.717, 1.165) is 12.5 Å². The zero-order chi connectivity index (χ0) is 13.2. The summed E-state index contributed by atoms with van der Waals surface area (Å²) in [6.45, 7) is 3.64. The van der Waals surface area contributed by atoms with E-state index in [-0.39, 0.29) is 11.9 Å². The third-order valence-electron chi connectivity index (χ3n) is 2.15. The maximum atomic E-state index is 11.3. The predicted molar refractivity (Wildman–Crippen MR) is 64.0 cm³/mol. The molecule has 5 heteroatoms. The minimum Gasteiger partial charge on any atom is -0.463 e. The number of carbonyl (C=O) groups is 2. The molecule has 1 heterocycles. The summed E-state index contributed by atoms with van der Waals surface area (Å²) in [5, 5.41) is 0. The van der Waals surface area contributed by atoms with Crippen molar-refractivity contribution < 1.29 is 23.5 Å². The van der Waals surface area contributed by atoms with Crippen molar-refractivity contribution in [3.63, 3.8) is 0 Å². The molecule has 0 unspecified atom stereocenters. The Morgan fingerprint density at radius 2 is 2.17 bits per heavy atom. The van der Waals surface area contributed by atoms with Crippen LogP contribution in [0.15, 0.2) is 35.5 Å². The van der Waals surface area contributed by atoms with Gasteiger partial charge in [0.15, 0.2) is 0 Å². The second-order valence-electron chi connectivity index (χ2n) is 3.59. The van der Waals surface area contributed by atoms with Gasteiger partial charge in [-0.05, 0) is 25.3 Å². The summed E-state index contributed by atoms with van der Waals surface area (Å²) in [6.07, 6.45) is 5.07. The van der Waals surface area contributed by atoms with Gasteiger partial charge in [-0.25, -0.2) is 4.79 Å². The predicted octanol–water partition coefficient (Wildman–Crippen LogP) is 2.47. The van der Waals surface area contributed by atoms with Gasteiger partial charge in [-0.2, -0.15) is 0 Å². The summed E-state index contributed by atoms with van der Waals surface area (Å²) < 4.78 is 14.6. The molecule has 0 aliphatic heterocycles. The minimum atomic E-state index is -0.424. The maximum Gasteiger partial charge on any atom is 0.330 e. The first kappa shape index (κ1) is 14.0. The summed E-state index contributed by atoms with van der Waals surface area (Å²) >= 11 is 0. The smallest absolute Gasteiger partial charge is 0.330 e. The minimum absolute atomic E-state index is 0.208. The summed E-state index contributed by atoms with van der Waals surface area (Å²) in [5.74, 6) is -0.542. The Hall–Kier alpha value is -2.04. The van der Waals surface area contributed by atoms with Crippen LogP contribution in [0.4, 0.5) is 0 Å². The third-order valence-corrected chi connectivity index (χ3v) is 2.15. The molecule has 1 rings (SSSR count). The summed E-state index contributed by atoms with van der Waals surface area (Å²) in [7, 11) is 0. The van der Waals surface area contributed by atoms with E-state index in [9.17, 15) is 9.59 Å². The van der Waals surface area contributed by atoms with Gasteiger partial charge in [-0.15, -0.1) is 0 Å². The highest BCUT2D eigenvalue weighted by molar-refractivity contribution is 5.81. The monoisotopic (exact) mass is 252 g/mol. The summed E-state index contributed by atoms with van der Waals surface area (Å²) in [4.78, 5) is 22.0. The fourth-order valence-electron chi connectivity index (χ4n) is 1.26. The van der Waals surface area contributed by atoms with Gasteiger partial charge in [-0.1, -0.05) is 6.58 Å². The molecule has 0 aromatic carbocycles. The summed E-state index contributed by atoms with van der Waals surface area (Å²) in [6, 6.07) is 3.23. The van der Waals surface area contributed by atoms with Crippen LogP contribution in [-0.2, 0) is 14.3 Å². The van der Waals surface area contributed by atoms with Crippen molar-refractivity contribution in [1.82, 2.24) is 0 Å². The lowest BCUT2D eigenvalue weighted by Crippen LogP contribution is -2.07. The Morgan fingerprint density at radius 3 is 2.83 bits per heavy atom. The molecule has 0 bridgehead atoms. The topological polar surface area (TPSA) is 65.7 Å². The van der Waals surface area contributed by atoms with E-state index in [0.29, 0.717) is 25.9 Å². The van der Waals surface area contributed by atoms with Gasteiger partial charge in [0.1, 0.15) is 0 Å². The van der Waals surface area contributed by atoms with Gasteiger partial charge in [0.2, 0.25) is 0 Å². The number of furan rings is 1. The highest BCUT2D eigenvalue weighted by Gasteiger charge is 2.06. The SMILES string of the molecule is C=CC(=O)OCCCCCC(=O)Oc1ccco1. The Balaban J connectivity index is 1.99. The van der Waals surface area contributed by atoms with Crippen molar-refractivity contribution in [2.45, 2.75) is 25.7 Å². The number of hydrogen-bond acceptors (Lipinski definition) is 5. The zero-order valence-corrected chi connectivity index (χ0v) is 10.1. The molecule has 0 atom stereocenters. The van der Waals surface area contributed by atoms with Crippen LogP contribution in [-0.4, -0.2) is 18.5 Å². The average molecular weight is 252 g/mol. The number of ether oxygens (including phenoxy) is 2. The molecule has 0 saturated carbocycles. The highest BCUT2D eigenvalue weighted by atomic mass is 16.6. The number of carbonyl (C=O) groups excluding carboxylic acids is 2. The molecule has 0 saturated heterocycles. The zero-order valence-electron chi connectivity index (χ0n) is 10.1. The van der Waals surface area contributed by atoms with Crippen molar-refractivity contribution in [2.24, 2.45) is 0 Å². The first-order valence-corrected chi connectivity index (χ1v) is 5.75. The van der Waals surface area contributed by atoms with Crippen LogP contribution in [0.25, 0.3) is 0 Å². The molecule has 0 aliphatic carbocycles. The molecule has 0 spiro atoms. The van der Waals surface area contributed by atoms with Gasteiger partial charge in [0.25, 0.3) is 5.95 Å². The molecule has 0 amide bonds. The Morgan fingerprint density at radius 1 is 1.33 bits per heavy atom. The average Bonchev–Trinajstić information content (AvgIpc) is 2.85. The van der Waals surface area contributed by atoms with Gasteiger partial charge >= 0.3 is 11.9 Å². The molecule has 0 radical (unpaired) electrons. The first-order chi connectivity index (χ1) is 8.72. The first-order valence-electron chi connectivity index (χ1n) is 5.75. The molecule has 1 aromatic rings. The van der Waals surface area contributed by atoms with Crippen molar-refractivity contribution >= 4 is 11.9 Å². The molecule has 0 aliphatic rings. The Kier molecular flexibility index (Phi) is 6.32. The molecule has 0 N–H and O–H groups in total. The maximum absolute atomic E-state index is 11.3. The van der Waals surface area contributed by atoms with Gasteiger partial charge in [-0.3, -0.25) is 4.79 Å². The van der Waals surface area contributed by atoms with E-state index in [1.165, 1.54) is 6.26 Å². The number of hydrogen-bond donors (Lipinski definition) is 0. The van der Waals surface area contributed by atoms with Crippen LogP contribution in [0.1, 0.15) is 25.7 Å². The highest BCUT2D eigenvalue weighted by Crippen LogP contribution is 2.11. The second-order valence-corrected chi connectivity index (χ2v) is 3.59. The van der Waals surface area contributed by atoms with E-state index in [1.54, 1.807) is 12.1 Å². The quantitative estimate of drug-likeness (QED) is 0.404. The van der Waals surface area contributed by atoms with E-state index in [1.807, 2.05) is 0 Å². The van der Waals surface area contributed by atoms with Crippen LogP contribution in [0.2, 0.25) is 0 Å². The molecule has 18 heavy (non-hydrogen) atoms. The lowest BCUT2D eigenvalue weighted by atomic mass is 10.2. The van der Waals surface area contributed by atoms with Crippen LogP contribution in [0.5, 0.6) is 5.95 Å². The van der Waals surface area contributed by atoms with Crippen LogP contribution >= 0.6 is 0 Å². The van der Waals surface area contributed by atoms with E-state index in [4.69, 9.17) is 13.9 Å². The number of rotatable bonds is 8. The van der Waals surface area contributed by atoms with E-state index >= 15 is 0 Å². The number of unbranched alkanes of at least 4 members (excludes halogenated alkanes) is 2. The van der Waals surface area contributed by atoms with Crippen molar-refractivity contribution in [2.75, 3.05) is 6.61 Å². The van der Waals surface area contributed by atoms with Crippen molar-refractivity contribution in [3.8, 4) is 5.95 Å². The number of esters is 2. The molecular weight excluding hydrogens is 236 g/mol. The molecular formula is C13H16O5. The van der Waals surface area contributed by atoms with E-state index in [2.05, 4.69) is 6.58 Å². The van der Waals surface area contributed by atoms with Crippen molar-refractivity contribution in [3.05, 3.63) is 31.1 Å². The molecule has 0 fully saturated rings. The molecule has 5 nitrogen and oxygen atoms in total. The van der Waals surface area contributed by atoms with Gasteiger partial charge in [0.05, 0.1) is 12.9 Å².